The lowest BCUT2D eigenvalue weighted by Crippen LogP contribution is -2.22. The molecule has 0 unspecified atom stereocenters. The second-order valence-corrected chi connectivity index (χ2v) is 5.44. The topological polar surface area (TPSA) is 90.0 Å². The number of halogens is 1. The van der Waals surface area contributed by atoms with Gasteiger partial charge in [0, 0.05) is 12.3 Å². The monoisotopic (exact) mass is 362 g/mol. The summed E-state index contributed by atoms with van der Waals surface area (Å²) in [7, 11) is 1.47. The van der Waals surface area contributed by atoms with Gasteiger partial charge in [-0.05, 0) is 24.4 Å². The van der Waals surface area contributed by atoms with Crippen LogP contribution in [0.3, 0.4) is 0 Å². The van der Waals surface area contributed by atoms with Gasteiger partial charge in [0.05, 0.1) is 49.9 Å². The first kappa shape index (κ1) is 17.0. The molecule has 0 aliphatic heterocycles. The fraction of sp³-hybridized carbons (Fsp3) is 0.200. The van der Waals surface area contributed by atoms with Crippen molar-refractivity contribution in [3.63, 3.8) is 0 Å². The van der Waals surface area contributed by atoms with Crippen molar-refractivity contribution in [1.82, 2.24) is 29.9 Å². The molecule has 25 heavy (non-hydrogen) atoms. The molecule has 0 fully saturated rings. The van der Waals surface area contributed by atoms with Crippen LogP contribution in [-0.2, 0) is 17.9 Å². The van der Waals surface area contributed by atoms with Crippen molar-refractivity contribution in [1.29, 1.82) is 0 Å². The Bertz CT molecular complexity index is 894. The number of hydrogen-bond donors (Lipinski definition) is 2. The van der Waals surface area contributed by atoms with E-state index >= 15 is 0 Å². The maximum Gasteiger partial charge on any atom is 0.256 e. The van der Waals surface area contributed by atoms with Gasteiger partial charge in [-0.15, -0.1) is 5.10 Å². The van der Waals surface area contributed by atoms with Gasteiger partial charge in [-0.3, -0.25) is 0 Å². The summed E-state index contributed by atoms with van der Waals surface area (Å²) in [5.74, 6) is -0.449. The summed E-state index contributed by atoms with van der Waals surface area (Å²) in [6.07, 6.45) is 4.68. The summed E-state index contributed by atoms with van der Waals surface area (Å²) in [6.45, 7) is 0.154. The molecule has 0 radical (unpaired) electrons. The van der Waals surface area contributed by atoms with Crippen LogP contribution in [0.5, 0.6) is 0 Å². The van der Waals surface area contributed by atoms with Crippen LogP contribution in [0.15, 0.2) is 36.9 Å². The lowest BCUT2D eigenvalue weighted by Gasteiger charge is -2.06. The molecule has 8 nitrogen and oxygen atoms in total. The Labute approximate surface area is 147 Å². The van der Waals surface area contributed by atoms with Gasteiger partial charge in [0.15, 0.2) is 0 Å². The molecule has 10 heteroatoms. The molecular weight excluding hydrogens is 347 g/mol. The average molecular weight is 362 g/mol. The van der Waals surface area contributed by atoms with Gasteiger partial charge in [0.1, 0.15) is 11.5 Å². The van der Waals surface area contributed by atoms with Crippen molar-refractivity contribution in [2.45, 2.75) is 13.2 Å². The number of nitrogens with one attached hydrogen (secondary N) is 1. The molecule has 3 rings (SSSR count). The number of aromatic nitrogens is 5. The minimum absolute atomic E-state index is 0.199. The van der Waals surface area contributed by atoms with E-state index in [2.05, 4.69) is 20.6 Å². The largest absolute Gasteiger partial charge is 0.474 e. The second kappa shape index (κ2) is 7.36. The molecule has 2 aromatic heterocycles. The van der Waals surface area contributed by atoms with E-state index in [9.17, 15) is 4.39 Å². The minimum atomic E-state index is -0.449. The first-order valence-corrected chi connectivity index (χ1v) is 7.68. The molecule has 0 spiro atoms. The molecule has 0 atom stereocenters. The van der Waals surface area contributed by atoms with Crippen LogP contribution in [0.4, 0.5) is 4.39 Å². The van der Waals surface area contributed by atoms with E-state index in [0.717, 1.165) is 0 Å². The SMILES string of the molecule is COC(=S)NCc1cn(-c2ccc(-n3cnc(CO)c3)c(F)c2)nn1. The minimum Gasteiger partial charge on any atom is -0.474 e. The second-order valence-electron chi connectivity index (χ2n) is 5.07. The van der Waals surface area contributed by atoms with Crippen molar-refractivity contribution in [2.24, 2.45) is 0 Å². The first-order valence-electron chi connectivity index (χ1n) is 7.27. The van der Waals surface area contributed by atoms with Crippen LogP contribution in [0.25, 0.3) is 11.4 Å². The summed E-state index contributed by atoms with van der Waals surface area (Å²) in [5, 5.41) is 20.1. The Morgan fingerprint density at radius 2 is 2.20 bits per heavy atom. The van der Waals surface area contributed by atoms with E-state index in [1.807, 2.05) is 0 Å². The Balaban J connectivity index is 1.78. The number of benzene rings is 1. The molecule has 0 bridgehead atoms. The van der Waals surface area contributed by atoms with E-state index in [0.29, 0.717) is 29.3 Å². The standard InChI is InChI=1S/C15H15FN6O2S/c1-24-15(25)17-5-10-7-22(20-19-10)12-2-3-14(13(16)4-12)21-6-11(8-23)18-9-21/h2-4,6-7,9,23H,5,8H2,1H3,(H,17,25). The molecule has 3 aromatic rings. The maximum absolute atomic E-state index is 14.4. The Morgan fingerprint density at radius 1 is 1.36 bits per heavy atom. The summed E-state index contributed by atoms with van der Waals surface area (Å²) in [6, 6.07) is 4.66. The number of ether oxygens (including phenoxy) is 1. The van der Waals surface area contributed by atoms with Crippen molar-refractivity contribution < 1.29 is 14.2 Å². The lowest BCUT2D eigenvalue weighted by atomic mass is 10.2. The maximum atomic E-state index is 14.4. The number of rotatable bonds is 5. The molecular formula is C15H15FN6O2S. The highest BCUT2D eigenvalue weighted by atomic mass is 32.1. The zero-order valence-corrected chi connectivity index (χ0v) is 14.1. The van der Waals surface area contributed by atoms with E-state index in [4.69, 9.17) is 22.1 Å². The van der Waals surface area contributed by atoms with Gasteiger partial charge < -0.3 is 19.7 Å². The quantitative estimate of drug-likeness (QED) is 0.657. The zero-order valence-electron chi connectivity index (χ0n) is 13.3. The number of hydrogen-bond acceptors (Lipinski definition) is 6. The Morgan fingerprint density at radius 3 is 2.88 bits per heavy atom. The average Bonchev–Trinajstić information content (AvgIpc) is 3.28. The van der Waals surface area contributed by atoms with Gasteiger partial charge in [-0.1, -0.05) is 5.21 Å². The molecule has 130 valence electrons. The zero-order chi connectivity index (χ0) is 17.8. The normalized spacial score (nSPS) is 10.7. The predicted octanol–water partition coefficient (Wildman–Crippen LogP) is 1.11. The number of aliphatic hydroxyl groups excluding tert-OH is 1. The van der Waals surface area contributed by atoms with Gasteiger partial charge >= 0.3 is 0 Å². The summed E-state index contributed by atoms with van der Waals surface area (Å²) in [5.41, 5.74) is 1.94. The highest BCUT2D eigenvalue weighted by molar-refractivity contribution is 7.80. The third kappa shape index (κ3) is 3.80. The van der Waals surface area contributed by atoms with Crippen molar-refractivity contribution in [3.05, 3.63) is 54.1 Å². The summed E-state index contributed by atoms with van der Waals surface area (Å²) >= 11 is 4.88. The number of thiocarbonyl (C=S) groups is 1. The molecule has 0 saturated carbocycles. The third-order valence-electron chi connectivity index (χ3n) is 3.41. The summed E-state index contributed by atoms with van der Waals surface area (Å²) in [4.78, 5) is 3.97. The van der Waals surface area contributed by atoms with E-state index < -0.39 is 5.82 Å². The number of nitrogens with zero attached hydrogens (tertiary/aromatic N) is 5. The van der Waals surface area contributed by atoms with Gasteiger partial charge in [-0.2, -0.15) is 0 Å². The molecule has 0 amide bonds. The molecule has 0 saturated heterocycles. The number of aliphatic hydroxyl groups is 1. The number of imidazole rings is 1. The van der Waals surface area contributed by atoms with E-state index in [-0.39, 0.29) is 11.8 Å². The van der Waals surface area contributed by atoms with Crippen LogP contribution >= 0.6 is 12.2 Å². The summed E-state index contributed by atoms with van der Waals surface area (Å²) < 4.78 is 22.2. The first-order chi connectivity index (χ1) is 12.1. The highest BCUT2D eigenvalue weighted by Gasteiger charge is 2.10. The molecule has 0 aliphatic rings. The van der Waals surface area contributed by atoms with Gasteiger partial charge in [-0.25, -0.2) is 14.1 Å². The fourth-order valence-electron chi connectivity index (χ4n) is 2.17. The van der Waals surface area contributed by atoms with Crippen LogP contribution in [-0.4, -0.2) is 41.9 Å². The molecule has 1 aromatic carbocycles. The smallest absolute Gasteiger partial charge is 0.256 e. The third-order valence-corrected chi connectivity index (χ3v) is 3.72. The van der Waals surface area contributed by atoms with Crippen LogP contribution < -0.4 is 5.32 Å². The molecule has 0 aliphatic carbocycles. The predicted molar refractivity (Wildman–Crippen MR) is 90.8 cm³/mol. The van der Waals surface area contributed by atoms with Crippen molar-refractivity contribution >= 4 is 17.4 Å². The van der Waals surface area contributed by atoms with Crippen molar-refractivity contribution in [2.75, 3.05) is 7.11 Å². The lowest BCUT2D eigenvalue weighted by molar-refractivity contribution is 0.277. The van der Waals surface area contributed by atoms with Crippen LogP contribution in [0.1, 0.15) is 11.4 Å². The van der Waals surface area contributed by atoms with Crippen molar-refractivity contribution in [3.8, 4) is 11.4 Å². The van der Waals surface area contributed by atoms with E-state index in [1.165, 1.54) is 28.8 Å². The molecule has 2 heterocycles. The van der Waals surface area contributed by atoms with Gasteiger partial charge in [0.25, 0.3) is 5.17 Å². The Hall–Kier alpha value is -2.85. The highest BCUT2D eigenvalue weighted by Crippen LogP contribution is 2.18. The van der Waals surface area contributed by atoms with E-state index in [1.54, 1.807) is 24.5 Å². The molecule has 2 N–H and O–H groups in total. The number of methoxy groups -OCH3 is 1. The Kier molecular flexibility index (Phi) is 5.00. The van der Waals surface area contributed by atoms with Gasteiger partial charge in [0.2, 0.25) is 0 Å². The van der Waals surface area contributed by atoms with Crippen LogP contribution in [0.2, 0.25) is 0 Å². The fourth-order valence-corrected chi connectivity index (χ4v) is 2.24. The van der Waals surface area contributed by atoms with Crippen LogP contribution in [0, 0.1) is 5.82 Å².